The van der Waals surface area contributed by atoms with Crippen molar-refractivity contribution >= 4 is 5.97 Å². The highest BCUT2D eigenvalue weighted by atomic mass is 16.7. The van der Waals surface area contributed by atoms with Crippen molar-refractivity contribution < 1.29 is 19.1 Å². The number of hydroxylamine groups is 1. The van der Waals surface area contributed by atoms with Crippen molar-refractivity contribution in [2.75, 3.05) is 13.2 Å². The van der Waals surface area contributed by atoms with Gasteiger partial charge in [0.2, 0.25) is 0 Å². The van der Waals surface area contributed by atoms with E-state index in [4.69, 9.17) is 14.3 Å². The average molecular weight is 307 g/mol. The Labute approximate surface area is 131 Å². The summed E-state index contributed by atoms with van der Waals surface area (Å²) in [5.74, 6) is -0.226. The van der Waals surface area contributed by atoms with E-state index >= 15 is 0 Å². The van der Waals surface area contributed by atoms with Gasteiger partial charge < -0.3 is 9.47 Å². The minimum atomic E-state index is -0.320. The van der Waals surface area contributed by atoms with Crippen LogP contribution in [0, 0.1) is 0 Å². The first-order chi connectivity index (χ1) is 10.8. The summed E-state index contributed by atoms with van der Waals surface area (Å²) < 4.78 is 10.6. The van der Waals surface area contributed by atoms with Crippen LogP contribution in [0.4, 0.5) is 0 Å². The van der Waals surface area contributed by atoms with Gasteiger partial charge in [0.05, 0.1) is 19.3 Å². The van der Waals surface area contributed by atoms with Crippen molar-refractivity contribution in [3.63, 3.8) is 0 Å². The third kappa shape index (κ3) is 5.75. The summed E-state index contributed by atoms with van der Waals surface area (Å²) in [6, 6.07) is 9.84. The van der Waals surface area contributed by atoms with Gasteiger partial charge in [-0.3, -0.25) is 9.63 Å². The maximum Gasteiger partial charge on any atom is 0.325 e. The van der Waals surface area contributed by atoms with Crippen molar-refractivity contribution in [3.8, 4) is 0 Å². The maximum atomic E-state index is 11.6. The zero-order valence-electron chi connectivity index (χ0n) is 13.1. The van der Waals surface area contributed by atoms with Crippen LogP contribution in [0.3, 0.4) is 0 Å². The SMILES string of the molecule is CCOC(=O)C1CC(CCCCOCc2ccccc2)ON1. The number of ether oxygens (including phenoxy) is 2. The number of hydrogen-bond donors (Lipinski definition) is 1. The summed E-state index contributed by atoms with van der Waals surface area (Å²) in [5, 5.41) is 0. The second kappa shape index (κ2) is 9.56. The van der Waals surface area contributed by atoms with Crippen LogP contribution in [0.5, 0.6) is 0 Å². The number of unbranched alkanes of at least 4 members (excludes halogenated alkanes) is 1. The molecular formula is C17H25NO4. The van der Waals surface area contributed by atoms with Crippen LogP contribution in [0.1, 0.15) is 38.2 Å². The fourth-order valence-electron chi connectivity index (χ4n) is 2.44. The highest BCUT2D eigenvalue weighted by Gasteiger charge is 2.31. The summed E-state index contributed by atoms with van der Waals surface area (Å²) >= 11 is 0. The predicted molar refractivity (Wildman–Crippen MR) is 83.0 cm³/mol. The molecule has 5 nitrogen and oxygen atoms in total. The minimum Gasteiger partial charge on any atom is -0.465 e. The third-order valence-electron chi connectivity index (χ3n) is 3.62. The van der Waals surface area contributed by atoms with Gasteiger partial charge in [-0.05, 0) is 31.7 Å². The maximum absolute atomic E-state index is 11.6. The summed E-state index contributed by atoms with van der Waals surface area (Å²) in [6.45, 7) is 3.62. The molecule has 1 N–H and O–H groups in total. The van der Waals surface area contributed by atoms with E-state index in [-0.39, 0.29) is 18.1 Å². The Bertz CT molecular complexity index is 438. The lowest BCUT2D eigenvalue weighted by atomic mass is 10.1. The molecule has 2 atom stereocenters. The smallest absolute Gasteiger partial charge is 0.325 e. The van der Waals surface area contributed by atoms with Gasteiger partial charge >= 0.3 is 5.97 Å². The first kappa shape index (κ1) is 16.9. The minimum absolute atomic E-state index is 0.0866. The normalized spacial score (nSPS) is 21.0. The van der Waals surface area contributed by atoms with Crippen molar-refractivity contribution in [1.29, 1.82) is 0 Å². The largest absolute Gasteiger partial charge is 0.465 e. The van der Waals surface area contributed by atoms with E-state index in [1.54, 1.807) is 6.92 Å². The molecule has 1 saturated heterocycles. The zero-order valence-corrected chi connectivity index (χ0v) is 13.1. The lowest BCUT2D eigenvalue weighted by Gasteiger charge is -2.08. The van der Waals surface area contributed by atoms with Gasteiger partial charge in [-0.1, -0.05) is 30.3 Å². The average Bonchev–Trinajstić information content (AvgIpc) is 3.01. The number of esters is 1. The molecule has 0 aromatic heterocycles. The molecule has 22 heavy (non-hydrogen) atoms. The molecule has 1 aromatic carbocycles. The van der Waals surface area contributed by atoms with Crippen LogP contribution < -0.4 is 5.48 Å². The van der Waals surface area contributed by atoms with Gasteiger partial charge in [0.15, 0.2) is 0 Å². The van der Waals surface area contributed by atoms with Crippen molar-refractivity contribution in [2.45, 2.75) is 51.4 Å². The second-order valence-electron chi connectivity index (χ2n) is 5.43. The molecular weight excluding hydrogens is 282 g/mol. The van der Waals surface area contributed by atoms with Gasteiger partial charge in [-0.2, -0.15) is 5.48 Å². The molecule has 1 aliphatic heterocycles. The quantitative estimate of drug-likeness (QED) is 0.561. The highest BCUT2D eigenvalue weighted by molar-refractivity contribution is 5.75. The number of carbonyl (C=O) groups is 1. The fourth-order valence-corrected chi connectivity index (χ4v) is 2.44. The topological polar surface area (TPSA) is 56.8 Å². The monoisotopic (exact) mass is 307 g/mol. The van der Waals surface area contributed by atoms with Gasteiger partial charge in [0, 0.05) is 13.0 Å². The Morgan fingerprint density at radius 1 is 1.32 bits per heavy atom. The number of rotatable bonds is 9. The van der Waals surface area contributed by atoms with Crippen molar-refractivity contribution in [2.24, 2.45) is 0 Å². The molecule has 0 saturated carbocycles. The molecule has 122 valence electrons. The number of benzene rings is 1. The molecule has 1 aromatic rings. The molecule has 2 rings (SSSR count). The van der Waals surface area contributed by atoms with Gasteiger partial charge in [-0.25, -0.2) is 0 Å². The molecule has 0 spiro atoms. The molecule has 0 radical (unpaired) electrons. The fraction of sp³-hybridized carbons (Fsp3) is 0.588. The van der Waals surface area contributed by atoms with Crippen LogP contribution in [-0.2, 0) is 25.7 Å². The Morgan fingerprint density at radius 2 is 2.14 bits per heavy atom. The van der Waals surface area contributed by atoms with E-state index in [9.17, 15) is 4.79 Å². The van der Waals surface area contributed by atoms with E-state index in [0.717, 1.165) is 25.9 Å². The second-order valence-corrected chi connectivity index (χ2v) is 5.43. The van der Waals surface area contributed by atoms with Crippen LogP contribution in [0.15, 0.2) is 30.3 Å². The Morgan fingerprint density at radius 3 is 2.91 bits per heavy atom. The van der Waals surface area contributed by atoms with Gasteiger partial charge in [0.25, 0.3) is 0 Å². The van der Waals surface area contributed by atoms with Crippen LogP contribution in [0.2, 0.25) is 0 Å². The van der Waals surface area contributed by atoms with Crippen LogP contribution >= 0.6 is 0 Å². The molecule has 1 aliphatic rings. The van der Waals surface area contributed by atoms with Gasteiger partial charge in [-0.15, -0.1) is 0 Å². The van der Waals surface area contributed by atoms with E-state index in [2.05, 4.69) is 17.6 Å². The highest BCUT2D eigenvalue weighted by Crippen LogP contribution is 2.17. The molecule has 5 heteroatoms. The summed E-state index contributed by atoms with van der Waals surface area (Å²) in [6.07, 6.45) is 3.72. The van der Waals surface area contributed by atoms with Crippen molar-refractivity contribution in [1.82, 2.24) is 5.48 Å². The number of carbonyl (C=O) groups excluding carboxylic acids is 1. The molecule has 0 amide bonds. The first-order valence-corrected chi connectivity index (χ1v) is 7.99. The lowest BCUT2D eigenvalue weighted by molar-refractivity contribution is -0.146. The first-order valence-electron chi connectivity index (χ1n) is 7.99. The lowest BCUT2D eigenvalue weighted by Crippen LogP contribution is -2.31. The summed E-state index contributed by atoms with van der Waals surface area (Å²) in [4.78, 5) is 17.0. The number of nitrogens with one attached hydrogen (secondary N) is 1. The predicted octanol–water partition coefficient (Wildman–Crippen LogP) is 2.60. The standard InChI is InChI=1S/C17H25NO4/c1-2-21-17(19)16-12-15(22-18-16)10-6-7-11-20-13-14-8-4-3-5-9-14/h3-5,8-9,15-16,18H,2,6-7,10-13H2,1H3. The van der Waals surface area contributed by atoms with E-state index < -0.39 is 0 Å². The molecule has 0 aliphatic carbocycles. The third-order valence-corrected chi connectivity index (χ3v) is 3.62. The Hall–Kier alpha value is -1.43. The van der Waals surface area contributed by atoms with E-state index in [0.29, 0.717) is 19.6 Å². The summed E-state index contributed by atoms with van der Waals surface area (Å²) in [7, 11) is 0. The molecule has 0 bridgehead atoms. The molecule has 1 heterocycles. The molecule has 1 fully saturated rings. The van der Waals surface area contributed by atoms with E-state index in [1.165, 1.54) is 5.56 Å². The van der Waals surface area contributed by atoms with Gasteiger partial charge in [0.1, 0.15) is 6.04 Å². The van der Waals surface area contributed by atoms with E-state index in [1.807, 2.05) is 18.2 Å². The summed E-state index contributed by atoms with van der Waals surface area (Å²) in [5.41, 5.74) is 3.96. The zero-order chi connectivity index (χ0) is 15.6. The Balaban J connectivity index is 1.50. The Kier molecular flexibility index (Phi) is 7.36. The van der Waals surface area contributed by atoms with Crippen LogP contribution in [0.25, 0.3) is 0 Å². The number of hydrogen-bond acceptors (Lipinski definition) is 5. The van der Waals surface area contributed by atoms with Crippen molar-refractivity contribution in [3.05, 3.63) is 35.9 Å². The van der Waals surface area contributed by atoms with Crippen LogP contribution in [-0.4, -0.2) is 31.3 Å². The molecule has 2 unspecified atom stereocenters.